The molecule has 1 atom stereocenters. The molecule has 0 aromatic rings. The van der Waals surface area contributed by atoms with Crippen LogP contribution in [0.4, 0.5) is 4.79 Å². The van der Waals surface area contributed by atoms with Gasteiger partial charge in [0, 0.05) is 19.6 Å². The van der Waals surface area contributed by atoms with Crippen LogP contribution in [0, 0.1) is 5.41 Å². The summed E-state index contributed by atoms with van der Waals surface area (Å²) in [5.41, 5.74) is 0.303. The van der Waals surface area contributed by atoms with Gasteiger partial charge in [-0.1, -0.05) is 13.8 Å². The third kappa shape index (κ3) is 4.63. The van der Waals surface area contributed by atoms with E-state index in [4.69, 9.17) is 5.11 Å². The number of hydrogen-bond donors (Lipinski definition) is 2. The first-order valence-corrected chi connectivity index (χ1v) is 6.03. The van der Waals surface area contributed by atoms with Crippen LogP contribution in [0.15, 0.2) is 0 Å². The molecule has 0 spiro atoms. The van der Waals surface area contributed by atoms with E-state index in [1.807, 2.05) is 0 Å². The Labute approximate surface area is 102 Å². The molecule has 0 aromatic carbocycles. The van der Waals surface area contributed by atoms with E-state index < -0.39 is 5.97 Å². The molecule has 17 heavy (non-hydrogen) atoms. The van der Waals surface area contributed by atoms with Gasteiger partial charge in [-0.25, -0.2) is 4.79 Å². The van der Waals surface area contributed by atoms with Gasteiger partial charge >= 0.3 is 12.0 Å². The highest BCUT2D eigenvalue weighted by molar-refractivity contribution is 5.75. The van der Waals surface area contributed by atoms with Crippen molar-refractivity contribution in [1.29, 1.82) is 0 Å². The topological polar surface area (TPSA) is 69.6 Å². The Balaban J connectivity index is 2.32. The summed E-state index contributed by atoms with van der Waals surface area (Å²) in [6.45, 7) is 4.65. The number of nitrogens with one attached hydrogen (secondary N) is 1. The summed E-state index contributed by atoms with van der Waals surface area (Å²) in [6, 6.07) is 0.0544. The fourth-order valence-electron chi connectivity index (χ4n) is 2.21. The first-order chi connectivity index (χ1) is 7.80. The molecule has 0 radical (unpaired) electrons. The number of carboxylic acids is 1. The predicted octanol–water partition coefficient (Wildman–Crippen LogP) is 1.68. The van der Waals surface area contributed by atoms with Gasteiger partial charge in [-0.05, 0) is 24.7 Å². The second-order valence-electron chi connectivity index (χ2n) is 5.62. The molecule has 1 unspecified atom stereocenters. The molecule has 1 fully saturated rings. The molecule has 2 N–H and O–H groups in total. The molecule has 2 amide bonds. The average Bonchev–Trinajstić information content (AvgIpc) is 2.54. The second kappa shape index (κ2) is 5.38. The number of urea groups is 1. The van der Waals surface area contributed by atoms with Crippen LogP contribution in [-0.4, -0.2) is 41.6 Å². The Bertz CT molecular complexity index is 302. The van der Waals surface area contributed by atoms with Crippen molar-refractivity contribution >= 4 is 12.0 Å². The largest absolute Gasteiger partial charge is 0.481 e. The Kier molecular flexibility index (Phi) is 4.37. The van der Waals surface area contributed by atoms with Gasteiger partial charge in [0.05, 0.1) is 6.42 Å². The number of amides is 2. The number of hydrogen-bond acceptors (Lipinski definition) is 2. The van der Waals surface area contributed by atoms with Crippen LogP contribution < -0.4 is 5.32 Å². The molecule has 0 heterocycles. The van der Waals surface area contributed by atoms with E-state index in [1.54, 1.807) is 7.05 Å². The quantitative estimate of drug-likeness (QED) is 0.788. The van der Waals surface area contributed by atoms with Crippen molar-refractivity contribution in [3.63, 3.8) is 0 Å². The van der Waals surface area contributed by atoms with Crippen LogP contribution in [0.5, 0.6) is 0 Å². The van der Waals surface area contributed by atoms with Crippen molar-refractivity contribution in [3.8, 4) is 0 Å². The van der Waals surface area contributed by atoms with Crippen LogP contribution in [0.3, 0.4) is 0 Å². The monoisotopic (exact) mass is 242 g/mol. The van der Waals surface area contributed by atoms with Gasteiger partial charge in [0.15, 0.2) is 0 Å². The van der Waals surface area contributed by atoms with Gasteiger partial charge in [0.25, 0.3) is 0 Å². The van der Waals surface area contributed by atoms with E-state index in [0.29, 0.717) is 5.41 Å². The summed E-state index contributed by atoms with van der Waals surface area (Å²) in [5, 5.41) is 11.5. The van der Waals surface area contributed by atoms with Crippen molar-refractivity contribution in [2.24, 2.45) is 5.41 Å². The molecule has 0 aliphatic heterocycles. The number of nitrogens with zero attached hydrogens (tertiary/aromatic N) is 1. The van der Waals surface area contributed by atoms with E-state index in [-0.39, 0.29) is 25.0 Å². The third-order valence-corrected chi connectivity index (χ3v) is 3.30. The van der Waals surface area contributed by atoms with Gasteiger partial charge in [0.1, 0.15) is 0 Å². The summed E-state index contributed by atoms with van der Waals surface area (Å²) in [6.07, 6.45) is 3.11. The maximum Gasteiger partial charge on any atom is 0.317 e. The summed E-state index contributed by atoms with van der Waals surface area (Å²) in [7, 11) is 1.62. The number of aliphatic carboxylic acids is 1. The van der Waals surface area contributed by atoms with Crippen molar-refractivity contribution in [2.75, 3.05) is 13.6 Å². The van der Waals surface area contributed by atoms with Crippen molar-refractivity contribution in [3.05, 3.63) is 0 Å². The molecule has 98 valence electrons. The van der Waals surface area contributed by atoms with Gasteiger partial charge in [-0.2, -0.15) is 0 Å². The van der Waals surface area contributed by atoms with E-state index in [9.17, 15) is 9.59 Å². The Hall–Kier alpha value is -1.26. The highest BCUT2D eigenvalue weighted by Crippen LogP contribution is 2.36. The van der Waals surface area contributed by atoms with Crippen LogP contribution >= 0.6 is 0 Å². The molecule has 1 rings (SSSR count). The Morgan fingerprint density at radius 2 is 2.12 bits per heavy atom. The zero-order valence-corrected chi connectivity index (χ0v) is 10.8. The number of carbonyl (C=O) groups excluding carboxylic acids is 1. The molecule has 1 aliphatic carbocycles. The van der Waals surface area contributed by atoms with Gasteiger partial charge in [-0.15, -0.1) is 0 Å². The normalized spacial score (nSPS) is 22.2. The van der Waals surface area contributed by atoms with Crippen LogP contribution in [-0.2, 0) is 4.79 Å². The highest BCUT2D eigenvalue weighted by atomic mass is 16.4. The standard InChI is InChI=1S/C12H22N2O3/c1-12(2)6-4-9(8-12)13-11(17)14(3)7-5-10(15)16/h9H,4-8H2,1-3H3,(H,13,17)(H,15,16). The molecule has 0 bridgehead atoms. The summed E-state index contributed by atoms with van der Waals surface area (Å²) < 4.78 is 0. The van der Waals surface area contributed by atoms with Gasteiger partial charge < -0.3 is 15.3 Å². The molecule has 5 heteroatoms. The number of carboxylic acid groups (broad SMARTS) is 1. The zero-order valence-electron chi connectivity index (χ0n) is 10.8. The number of carbonyl (C=O) groups is 2. The summed E-state index contributed by atoms with van der Waals surface area (Å²) in [5.74, 6) is -0.883. The van der Waals surface area contributed by atoms with Gasteiger partial charge in [-0.3, -0.25) is 4.79 Å². The molecule has 0 saturated heterocycles. The van der Waals surface area contributed by atoms with Crippen molar-refractivity contribution in [1.82, 2.24) is 10.2 Å². The Morgan fingerprint density at radius 1 is 1.47 bits per heavy atom. The highest BCUT2D eigenvalue weighted by Gasteiger charge is 2.32. The lowest BCUT2D eigenvalue weighted by Crippen LogP contribution is -2.43. The Morgan fingerprint density at radius 3 is 2.59 bits per heavy atom. The lowest BCUT2D eigenvalue weighted by atomic mass is 9.92. The molecular weight excluding hydrogens is 220 g/mol. The minimum atomic E-state index is -0.883. The fraction of sp³-hybridized carbons (Fsp3) is 0.833. The summed E-state index contributed by atoms with van der Waals surface area (Å²) in [4.78, 5) is 23.6. The molecule has 1 saturated carbocycles. The minimum Gasteiger partial charge on any atom is -0.481 e. The van der Waals surface area contributed by atoms with E-state index in [1.165, 1.54) is 4.90 Å². The first-order valence-electron chi connectivity index (χ1n) is 6.03. The minimum absolute atomic E-state index is 0.0138. The lowest BCUT2D eigenvalue weighted by molar-refractivity contribution is -0.137. The molecule has 1 aliphatic rings. The van der Waals surface area contributed by atoms with E-state index in [2.05, 4.69) is 19.2 Å². The smallest absolute Gasteiger partial charge is 0.317 e. The fourth-order valence-corrected chi connectivity index (χ4v) is 2.21. The maximum atomic E-state index is 11.7. The third-order valence-electron chi connectivity index (χ3n) is 3.30. The predicted molar refractivity (Wildman–Crippen MR) is 64.8 cm³/mol. The second-order valence-corrected chi connectivity index (χ2v) is 5.62. The average molecular weight is 242 g/mol. The maximum absolute atomic E-state index is 11.7. The molecule has 5 nitrogen and oxygen atoms in total. The van der Waals surface area contributed by atoms with E-state index in [0.717, 1.165) is 19.3 Å². The first kappa shape index (κ1) is 13.8. The van der Waals surface area contributed by atoms with Crippen molar-refractivity contribution < 1.29 is 14.7 Å². The van der Waals surface area contributed by atoms with Crippen LogP contribution in [0.1, 0.15) is 39.5 Å². The van der Waals surface area contributed by atoms with Crippen LogP contribution in [0.2, 0.25) is 0 Å². The zero-order chi connectivity index (χ0) is 13.1. The summed E-state index contributed by atoms with van der Waals surface area (Å²) >= 11 is 0. The van der Waals surface area contributed by atoms with E-state index >= 15 is 0 Å². The number of rotatable bonds is 4. The lowest BCUT2D eigenvalue weighted by Gasteiger charge is -2.22. The van der Waals surface area contributed by atoms with Crippen LogP contribution in [0.25, 0.3) is 0 Å². The molecular formula is C12H22N2O3. The van der Waals surface area contributed by atoms with Crippen molar-refractivity contribution in [2.45, 2.75) is 45.6 Å². The SMILES string of the molecule is CN(CCC(=O)O)C(=O)NC1CCC(C)(C)C1. The molecule has 0 aromatic heterocycles. The van der Waals surface area contributed by atoms with Gasteiger partial charge in [0.2, 0.25) is 0 Å².